The van der Waals surface area contributed by atoms with Crippen molar-refractivity contribution in [3.63, 3.8) is 0 Å². The smallest absolute Gasteiger partial charge is 0.315 e. The van der Waals surface area contributed by atoms with Crippen molar-refractivity contribution in [1.82, 2.24) is 0 Å². The van der Waals surface area contributed by atoms with E-state index in [9.17, 15) is 106 Å². The van der Waals surface area contributed by atoms with E-state index in [4.69, 9.17) is 66.3 Å². The van der Waals surface area contributed by atoms with Gasteiger partial charge in [-0.2, -0.15) is 0 Å². The quantitative estimate of drug-likeness (QED) is 0.0226. The van der Waals surface area contributed by atoms with E-state index >= 15 is 4.79 Å². The number of aliphatic hydroxyl groups is 17. The molecule has 630 valence electrons. The Morgan fingerprint density at radius 2 is 1.00 bits per heavy atom. The standard InChI is InChI=1S/C74H118O36/c1-27(29(3)77)59(92)99-30(4)28(2)60(93)104-53-31(5)101-65(57(51(53)90)108-64-56(106-62-49(88)43(82)37(80)26-98-62)52(91)54(32(6)100-64)105-61-48(87)42(81)36(79)25-97-61)110-68(96)74-19-17-69(7,8)21-34(74)33-13-14-40-70(9)22-35(78)58(73(12,67(94)95)41(70)15-16-72(40,11)71(33,10)18-20-74)109-66-55(47(86)45(84)39(24-76)103-66)107-63-50(89)46(85)44(83)38(23-75)102-63/h13,27-32,34-58,61-66,75-91H,14-26H2,1-12H3,(H,94,95)/t27-,28-,29+,30-,31-,32+,34+,35+,36-,37+,38-,39-,40-,41-,42+,43+,44-,45-,46+,47+,48-,49-,50-,51+,52-,53+,54+,55-,56-,57-,58+,61+,62+,63+,64+,65+,66+,70-,71-,72-,73+,74+/m1/s1. The second-order valence-corrected chi connectivity index (χ2v) is 34.8. The molecule has 36 nitrogen and oxygen atoms in total. The van der Waals surface area contributed by atoms with Crippen LogP contribution in [0.25, 0.3) is 0 Å². The van der Waals surface area contributed by atoms with Crippen molar-refractivity contribution in [2.45, 2.75) is 337 Å². The number of carbonyl (C=O) groups excluding carboxylic acids is 3. The second-order valence-electron chi connectivity index (χ2n) is 34.8. The molecule has 0 radical (unpaired) electrons. The fraction of sp³-hybridized carbons (Fsp3) is 0.919. The molecule has 6 saturated heterocycles. The van der Waals surface area contributed by atoms with Crippen LogP contribution in [0.5, 0.6) is 0 Å². The Hall–Kier alpha value is -3.50. The van der Waals surface area contributed by atoms with Crippen LogP contribution in [-0.2, 0) is 85.5 Å². The van der Waals surface area contributed by atoms with Crippen molar-refractivity contribution in [2.75, 3.05) is 26.4 Å². The number of aliphatic hydroxyl groups excluding tert-OH is 17. The van der Waals surface area contributed by atoms with Crippen LogP contribution in [0.4, 0.5) is 0 Å². The number of aliphatic carboxylic acids is 1. The molecule has 0 aromatic carbocycles. The molecule has 36 heteroatoms. The van der Waals surface area contributed by atoms with Gasteiger partial charge in [-0.05, 0) is 146 Å². The van der Waals surface area contributed by atoms with E-state index in [-0.39, 0.29) is 37.0 Å². The first kappa shape index (κ1) is 87.3. The van der Waals surface area contributed by atoms with Crippen molar-refractivity contribution in [1.29, 1.82) is 0 Å². The lowest BCUT2D eigenvalue weighted by Gasteiger charge is -2.71. The van der Waals surface area contributed by atoms with Gasteiger partial charge in [-0.25, -0.2) is 0 Å². The summed E-state index contributed by atoms with van der Waals surface area (Å²) in [6.45, 7) is 17.6. The van der Waals surface area contributed by atoms with Gasteiger partial charge in [-0.1, -0.05) is 46.3 Å². The van der Waals surface area contributed by atoms with Gasteiger partial charge < -0.3 is 158 Å². The first-order valence-electron chi connectivity index (χ1n) is 38.5. The molecule has 0 aromatic rings. The van der Waals surface area contributed by atoms with E-state index in [1.54, 1.807) is 0 Å². The molecule has 0 bridgehead atoms. The lowest BCUT2D eigenvalue weighted by Crippen LogP contribution is -2.70. The number of fused-ring (bicyclic) bond motifs is 7. The minimum absolute atomic E-state index is 0.0470. The highest BCUT2D eigenvalue weighted by molar-refractivity contribution is 5.79. The third kappa shape index (κ3) is 15.5. The van der Waals surface area contributed by atoms with Crippen LogP contribution in [-0.4, -0.2) is 339 Å². The summed E-state index contributed by atoms with van der Waals surface area (Å²) in [5.74, 6) is -7.82. The molecule has 0 aromatic heterocycles. The van der Waals surface area contributed by atoms with Gasteiger partial charge in [0.15, 0.2) is 43.7 Å². The summed E-state index contributed by atoms with van der Waals surface area (Å²) >= 11 is 0. The van der Waals surface area contributed by atoms with E-state index in [1.807, 2.05) is 6.92 Å². The number of carboxylic acids is 1. The molecule has 0 unspecified atom stereocenters. The Kier molecular flexibility index (Phi) is 26.3. The normalized spacial score (nSPS) is 50.7. The number of hydrogen-bond acceptors (Lipinski definition) is 35. The largest absolute Gasteiger partial charge is 0.481 e. The Labute approximate surface area is 636 Å². The van der Waals surface area contributed by atoms with Crippen LogP contribution in [0, 0.1) is 62.1 Å². The van der Waals surface area contributed by atoms with E-state index < -0.39 is 297 Å². The van der Waals surface area contributed by atoms with E-state index in [1.165, 1.54) is 48.5 Å². The average Bonchev–Trinajstić information content (AvgIpc) is 0.671. The molecule has 6 aliphatic heterocycles. The summed E-state index contributed by atoms with van der Waals surface area (Å²) in [5, 5.41) is 199. The molecule has 18 N–H and O–H groups in total. The zero-order valence-corrected chi connectivity index (χ0v) is 64.0. The summed E-state index contributed by atoms with van der Waals surface area (Å²) in [6.07, 6.45) is -51.0. The van der Waals surface area contributed by atoms with Gasteiger partial charge in [0.05, 0.1) is 73.5 Å². The molecule has 11 aliphatic rings. The van der Waals surface area contributed by atoms with Crippen LogP contribution in [0.2, 0.25) is 0 Å². The molecular formula is C74H118O36. The van der Waals surface area contributed by atoms with Gasteiger partial charge in [0.25, 0.3) is 0 Å². The van der Waals surface area contributed by atoms with E-state index in [2.05, 4.69) is 33.8 Å². The fourth-order valence-corrected chi connectivity index (χ4v) is 20.0. The summed E-state index contributed by atoms with van der Waals surface area (Å²) in [6, 6.07) is 0. The Morgan fingerprint density at radius 3 is 1.59 bits per heavy atom. The number of allylic oxidation sites excluding steroid dienone is 2. The molecule has 6 heterocycles. The van der Waals surface area contributed by atoms with Crippen molar-refractivity contribution in [3.05, 3.63) is 11.6 Å². The maximum atomic E-state index is 16.2. The molecule has 0 spiro atoms. The first-order valence-corrected chi connectivity index (χ1v) is 38.5. The number of rotatable bonds is 21. The predicted octanol–water partition coefficient (Wildman–Crippen LogP) is -3.88. The number of hydrogen-bond donors (Lipinski definition) is 18. The molecule has 42 atom stereocenters. The predicted molar refractivity (Wildman–Crippen MR) is 366 cm³/mol. The third-order valence-corrected chi connectivity index (χ3v) is 27.6. The SMILES string of the molecule is C[C@H](O)[C@@H](C)C(=O)O[C@H](C)[C@@H](C)C(=O)O[C@@H]1[C@H](O)[C@@H](O[C@@H]2O[C@@H](C)[C@H](O[C@@H]3OC[C@@H](O)[C@H](O)[C@H]3O)[C@@H](O)[C@H]2O[C@@H]2OC[C@H](O)[C@H](O)[C@H]2O)[C@H](OC(=O)[C@]23CCC(C)(C)C[C@H]2C2=CC[C@@H]4[C@@]5(C)C[C@H](O)[C@H](O[C@@H]6O[C@H](CO)[C@@H](O)[C@H](O)[C@H]6O[C@@H]6O[C@H](CO)[C@@H](O)[C@H](O)[C@H]6O)[C@@](C)(C(=O)O)[C@@H]5CC[C@@]4(C)[C@]2(C)CC3)O[C@@H]1C. The summed E-state index contributed by atoms with van der Waals surface area (Å²) in [4.78, 5) is 57.8. The lowest BCUT2D eigenvalue weighted by molar-refractivity contribution is -0.394. The van der Waals surface area contributed by atoms with E-state index in [0.29, 0.717) is 32.1 Å². The third-order valence-electron chi connectivity index (χ3n) is 27.6. The number of carbonyl (C=O) groups is 4. The summed E-state index contributed by atoms with van der Waals surface area (Å²) < 4.78 is 85.2. The topological polar surface area (TPSA) is 562 Å². The van der Waals surface area contributed by atoms with Crippen molar-refractivity contribution >= 4 is 23.9 Å². The molecule has 0 amide bonds. The van der Waals surface area contributed by atoms with Gasteiger partial charge in [0.1, 0.15) is 122 Å². The number of esters is 3. The van der Waals surface area contributed by atoms with Crippen molar-refractivity contribution in [3.8, 4) is 0 Å². The Balaban J connectivity index is 0.899. The van der Waals surface area contributed by atoms with Crippen LogP contribution in [0.3, 0.4) is 0 Å². The van der Waals surface area contributed by atoms with Gasteiger partial charge in [-0.15, -0.1) is 0 Å². The van der Waals surface area contributed by atoms with Crippen LogP contribution >= 0.6 is 0 Å². The average molecular weight is 1580 g/mol. The molecule has 11 rings (SSSR count). The zero-order valence-electron chi connectivity index (χ0n) is 64.0. The maximum absolute atomic E-state index is 16.2. The Bertz CT molecular complexity index is 3240. The highest BCUT2D eigenvalue weighted by atomic mass is 16.8. The fourth-order valence-electron chi connectivity index (χ4n) is 20.0. The number of carboxylic acid groups (broad SMARTS) is 1. The summed E-state index contributed by atoms with van der Waals surface area (Å²) in [7, 11) is 0. The Morgan fingerprint density at radius 1 is 0.500 bits per heavy atom. The minimum Gasteiger partial charge on any atom is -0.481 e. The maximum Gasteiger partial charge on any atom is 0.315 e. The highest BCUT2D eigenvalue weighted by Gasteiger charge is 2.74. The zero-order chi connectivity index (χ0) is 81.0. The van der Waals surface area contributed by atoms with Crippen LogP contribution in [0.1, 0.15) is 141 Å². The molecule has 5 aliphatic carbocycles. The molecule has 110 heavy (non-hydrogen) atoms. The second kappa shape index (κ2) is 33.1. The lowest BCUT2D eigenvalue weighted by atomic mass is 9.33. The van der Waals surface area contributed by atoms with Crippen LogP contribution < -0.4 is 0 Å². The number of ether oxygens (including phenoxy) is 14. The monoisotopic (exact) mass is 1580 g/mol. The summed E-state index contributed by atoms with van der Waals surface area (Å²) in [5.41, 5.74) is -5.15. The van der Waals surface area contributed by atoms with Gasteiger partial charge >= 0.3 is 23.9 Å². The van der Waals surface area contributed by atoms with E-state index in [0.717, 1.165) is 5.57 Å². The van der Waals surface area contributed by atoms with Crippen molar-refractivity contribution < 1.29 is 177 Å². The first-order chi connectivity index (χ1) is 51.4. The highest BCUT2D eigenvalue weighted by Crippen LogP contribution is 2.76. The molecular weight excluding hydrogens is 1460 g/mol. The van der Waals surface area contributed by atoms with Gasteiger partial charge in [0.2, 0.25) is 6.29 Å². The van der Waals surface area contributed by atoms with Gasteiger partial charge in [-0.3, -0.25) is 19.2 Å². The molecule has 4 saturated carbocycles. The van der Waals surface area contributed by atoms with Crippen molar-refractivity contribution in [2.24, 2.45) is 62.1 Å². The van der Waals surface area contributed by atoms with Crippen LogP contribution in [0.15, 0.2) is 11.6 Å². The minimum atomic E-state index is -2.05. The van der Waals surface area contributed by atoms with Gasteiger partial charge in [0, 0.05) is 0 Å². The molecule has 10 fully saturated rings.